The Morgan fingerprint density at radius 3 is 2.68 bits per heavy atom. The number of halogens is 1. The standard InChI is InChI=1S/C12H11FN4O2/c13-9-6-16-12(10(17-9)11(14)19)15-5-7-1-3-8(18)4-2-7/h1-4,6,18H,5H2,(H2,14,19)(H,15,16). The molecule has 0 atom stereocenters. The Hall–Kier alpha value is -2.70. The van der Waals surface area contributed by atoms with Gasteiger partial charge in [0.2, 0.25) is 5.95 Å². The number of benzene rings is 1. The van der Waals surface area contributed by atoms with Crippen molar-refractivity contribution in [1.29, 1.82) is 0 Å². The number of carbonyl (C=O) groups excluding carboxylic acids is 1. The molecule has 4 N–H and O–H groups in total. The lowest BCUT2D eigenvalue weighted by atomic mass is 10.2. The summed E-state index contributed by atoms with van der Waals surface area (Å²) in [6.07, 6.45) is 0.894. The maximum atomic E-state index is 12.9. The van der Waals surface area contributed by atoms with Crippen molar-refractivity contribution in [3.8, 4) is 5.75 Å². The fourth-order valence-electron chi connectivity index (χ4n) is 1.47. The third kappa shape index (κ3) is 3.15. The lowest BCUT2D eigenvalue weighted by Gasteiger charge is -2.08. The summed E-state index contributed by atoms with van der Waals surface area (Å²) in [6, 6.07) is 6.46. The number of primary amides is 1. The molecule has 2 rings (SSSR count). The van der Waals surface area contributed by atoms with Crippen molar-refractivity contribution in [3.63, 3.8) is 0 Å². The van der Waals surface area contributed by atoms with E-state index in [-0.39, 0.29) is 17.3 Å². The molecule has 2 aromatic rings. The summed E-state index contributed by atoms with van der Waals surface area (Å²) in [6.45, 7) is 0.334. The van der Waals surface area contributed by atoms with Gasteiger partial charge in [-0.3, -0.25) is 4.79 Å². The van der Waals surface area contributed by atoms with Gasteiger partial charge in [-0.05, 0) is 17.7 Å². The number of hydrogen-bond donors (Lipinski definition) is 3. The van der Waals surface area contributed by atoms with Crippen LogP contribution in [0.1, 0.15) is 16.1 Å². The minimum atomic E-state index is -0.871. The number of phenolic OH excluding ortho intramolecular Hbond substituents is 1. The number of hydrogen-bond acceptors (Lipinski definition) is 5. The number of anilines is 1. The quantitative estimate of drug-likeness (QED) is 0.764. The van der Waals surface area contributed by atoms with E-state index < -0.39 is 11.9 Å². The number of carbonyl (C=O) groups is 1. The first kappa shape index (κ1) is 12.7. The Bertz CT molecular complexity index is 601. The zero-order chi connectivity index (χ0) is 13.8. The van der Waals surface area contributed by atoms with Crippen LogP contribution in [0.4, 0.5) is 10.2 Å². The molecule has 1 aromatic heterocycles. The van der Waals surface area contributed by atoms with Crippen LogP contribution in [0.15, 0.2) is 30.5 Å². The van der Waals surface area contributed by atoms with Gasteiger partial charge < -0.3 is 16.2 Å². The van der Waals surface area contributed by atoms with Crippen molar-refractivity contribution in [2.24, 2.45) is 5.73 Å². The number of phenols is 1. The van der Waals surface area contributed by atoms with Gasteiger partial charge in [-0.1, -0.05) is 12.1 Å². The molecule has 6 nitrogen and oxygen atoms in total. The van der Waals surface area contributed by atoms with Gasteiger partial charge >= 0.3 is 0 Å². The van der Waals surface area contributed by atoms with Crippen molar-refractivity contribution in [2.45, 2.75) is 6.54 Å². The average Bonchev–Trinajstić information content (AvgIpc) is 2.39. The van der Waals surface area contributed by atoms with Gasteiger partial charge in [-0.25, -0.2) is 9.97 Å². The maximum Gasteiger partial charge on any atom is 0.271 e. The second-order valence-corrected chi connectivity index (χ2v) is 3.77. The summed E-state index contributed by atoms with van der Waals surface area (Å²) >= 11 is 0. The Morgan fingerprint density at radius 2 is 2.05 bits per heavy atom. The molecule has 1 aromatic carbocycles. The Balaban J connectivity index is 2.15. The van der Waals surface area contributed by atoms with E-state index in [1.54, 1.807) is 12.1 Å². The lowest BCUT2D eigenvalue weighted by Crippen LogP contribution is -2.18. The van der Waals surface area contributed by atoms with E-state index in [9.17, 15) is 9.18 Å². The fraction of sp³-hybridized carbons (Fsp3) is 0.0833. The molecule has 1 heterocycles. The molecular weight excluding hydrogens is 251 g/mol. The van der Waals surface area contributed by atoms with Crippen LogP contribution in [0.2, 0.25) is 0 Å². The molecule has 0 fully saturated rings. The van der Waals surface area contributed by atoms with E-state index >= 15 is 0 Å². The highest BCUT2D eigenvalue weighted by molar-refractivity contribution is 5.95. The zero-order valence-electron chi connectivity index (χ0n) is 9.80. The molecule has 98 valence electrons. The highest BCUT2D eigenvalue weighted by atomic mass is 19.1. The van der Waals surface area contributed by atoms with Gasteiger partial charge in [0.1, 0.15) is 5.75 Å². The molecule has 0 spiro atoms. The van der Waals surface area contributed by atoms with Gasteiger partial charge in [0.15, 0.2) is 11.5 Å². The van der Waals surface area contributed by atoms with Crippen molar-refractivity contribution < 1.29 is 14.3 Å². The monoisotopic (exact) mass is 262 g/mol. The zero-order valence-corrected chi connectivity index (χ0v) is 9.80. The second kappa shape index (κ2) is 5.30. The molecule has 0 unspecified atom stereocenters. The van der Waals surface area contributed by atoms with E-state index in [0.717, 1.165) is 11.8 Å². The van der Waals surface area contributed by atoms with Crippen LogP contribution >= 0.6 is 0 Å². The molecule has 0 radical (unpaired) electrons. The van der Waals surface area contributed by atoms with Crippen LogP contribution < -0.4 is 11.1 Å². The van der Waals surface area contributed by atoms with E-state index in [2.05, 4.69) is 15.3 Å². The van der Waals surface area contributed by atoms with E-state index in [0.29, 0.717) is 6.54 Å². The maximum absolute atomic E-state index is 12.9. The number of nitrogens with two attached hydrogens (primary N) is 1. The summed E-state index contributed by atoms with van der Waals surface area (Å²) in [5.41, 5.74) is 5.69. The van der Waals surface area contributed by atoms with Crippen LogP contribution in [0.3, 0.4) is 0 Å². The van der Waals surface area contributed by atoms with Gasteiger partial charge in [0, 0.05) is 6.54 Å². The normalized spacial score (nSPS) is 10.2. The molecule has 0 aliphatic rings. The summed E-state index contributed by atoms with van der Waals surface area (Å²) in [5, 5.41) is 12.0. The predicted octanol–water partition coefficient (Wildman–Crippen LogP) is 1.03. The van der Waals surface area contributed by atoms with Gasteiger partial charge in [0.05, 0.1) is 6.20 Å². The van der Waals surface area contributed by atoms with Crippen molar-refractivity contribution in [1.82, 2.24) is 9.97 Å². The average molecular weight is 262 g/mol. The third-order valence-electron chi connectivity index (χ3n) is 2.37. The van der Waals surface area contributed by atoms with Crippen molar-refractivity contribution >= 4 is 11.7 Å². The first-order valence-corrected chi connectivity index (χ1v) is 5.40. The van der Waals surface area contributed by atoms with Gasteiger partial charge in [-0.2, -0.15) is 4.39 Å². The SMILES string of the molecule is NC(=O)c1nc(F)cnc1NCc1ccc(O)cc1. The van der Waals surface area contributed by atoms with E-state index in [1.165, 1.54) is 12.1 Å². The molecule has 0 aliphatic carbocycles. The number of rotatable bonds is 4. The van der Waals surface area contributed by atoms with Crippen LogP contribution in [0.25, 0.3) is 0 Å². The molecule has 0 aliphatic heterocycles. The Morgan fingerprint density at radius 1 is 1.37 bits per heavy atom. The van der Waals surface area contributed by atoms with Crippen LogP contribution in [-0.2, 0) is 6.54 Å². The Kier molecular flexibility index (Phi) is 3.56. The van der Waals surface area contributed by atoms with Crippen molar-refractivity contribution in [2.75, 3.05) is 5.32 Å². The minimum absolute atomic E-state index is 0.113. The molecule has 0 saturated carbocycles. The number of aromatic nitrogens is 2. The van der Waals surface area contributed by atoms with Gasteiger partial charge in [0.25, 0.3) is 5.91 Å². The molecular formula is C12H11FN4O2. The second-order valence-electron chi connectivity index (χ2n) is 3.77. The van der Waals surface area contributed by atoms with E-state index in [1.807, 2.05) is 0 Å². The topological polar surface area (TPSA) is 101 Å². The first-order valence-electron chi connectivity index (χ1n) is 5.40. The van der Waals surface area contributed by atoms with Gasteiger partial charge in [-0.15, -0.1) is 0 Å². The summed E-state index contributed by atoms with van der Waals surface area (Å²) < 4.78 is 12.9. The fourth-order valence-corrected chi connectivity index (χ4v) is 1.47. The number of nitrogens with one attached hydrogen (secondary N) is 1. The lowest BCUT2D eigenvalue weighted by molar-refractivity contribution is 0.0995. The highest BCUT2D eigenvalue weighted by Gasteiger charge is 2.12. The van der Waals surface area contributed by atoms with Crippen LogP contribution in [0.5, 0.6) is 5.75 Å². The van der Waals surface area contributed by atoms with Crippen LogP contribution in [-0.4, -0.2) is 21.0 Å². The minimum Gasteiger partial charge on any atom is -0.508 e. The van der Waals surface area contributed by atoms with Crippen LogP contribution in [0, 0.1) is 5.95 Å². The summed E-state index contributed by atoms with van der Waals surface area (Å²) in [7, 11) is 0. The molecule has 7 heteroatoms. The highest BCUT2D eigenvalue weighted by Crippen LogP contribution is 2.13. The molecule has 0 bridgehead atoms. The number of nitrogens with zero attached hydrogens (tertiary/aromatic N) is 2. The molecule has 0 saturated heterocycles. The largest absolute Gasteiger partial charge is 0.508 e. The number of aromatic hydroxyl groups is 1. The third-order valence-corrected chi connectivity index (χ3v) is 2.37. The number of amides is 1. The van der Waals surface area contributed by atoms with Crippen molar-refractivity contribution in [3.05, 3.63) is 47.7 Å². The van der Waals surface area contributed by atoms with E-state index in [4.69, 9.17) is 10.8 Å². The predicted molar refractivity (Wildman–Crippen MR) is 65.9 cm³/mol. The first-order chi connectivity index (χ1) is 9.06. The summed E-state index contributed by atoms with van der Waals surface area (Å²) in [4.78, 5) is 18.2. The smallest absolute Gasteiger partial charge is 0.271 e. The molecule has 19 heavy (non-hydrogen) atoms. The molecule has 1 amide bonds. The Labute approximate surface area is 108 Å². The summed E-state index contributed by atoms with van der Waals surface area (Å²) in [5.74, 6) is -1.46.